The molecule has 2 aromatic rings. The van der Waals surface area contributed by atoms with Crippen LogP contribution in [-0.4, -0.2) is 9.55 Å². The van der Waals surface area contributed by atoms with Crippen LogP contribution in [0.5, 0.6) is 0 Å². The van der Waals surface area contributed by atoms with Gasteiger partial charge in [0, 0.05) is 12.6 Å². The van der Waals surface area contributed by atoms with Gasteiger partial charge in [0.1, 0.15) is 11.6 Å². The molecule has 1 aromatic heterocycles. The van der Waals surface area contributed by atoms with Crippen LogP contribution < -0.4 is 0 Å². The van der Waals surface area contributed by atoms with Crippen molar-refractivity contribution in [3.63, 3.8) is 0 Å². The monoisotopic (exact) mass is 308 g/mol. The molecule has 21 heavy (non-hydrogen) atoms. The van der Waals surface area contributed by atoms with Gasteiger partial charge in [-0.15, -0.1) is 11.6 Å². The van der Waals surface area contributed by atoms with Gasteiger partial charge in [-0.1, -0.05) is 26.2 Å². The van der Waals surface area contributed by atoms with Crippen molar-refractivity contribution in [2.24, 2.45) is 11.8 Å². The molecule has 1 saturated carbocycles. The number of hydrogen-bond donors (Lipinski definition) is 0. The summed E-state index contributed by atoms with van der Waals surface area (Å²) in [5.41, 5.74) is 2.40. The lowest BCUT2D eigenvalue weighted by atomic mass is 9.80. The maximum atomic E-state index is 13.7. The molecule has 1 aliphatic carbocycles. The second kappa shape index (κ2) is 5.96. The number of aryl methyl sites for hydroxylation is 1. The third kappa shape index (κ3) is 2.80. The van der Waals surface area contributed by atoms with Gasteiger partial charge in [-0.2, -0.15) is 0 Å². The molecule has 0 N–H and O–H groups in total. The summed E-state index contributed by atoms with van der Waals surface area (Å²) in [6.45, 7) is 5.09. The predicted octanol–water partition coefficient (Wildman–Crippen LogP) is 5.05. The number of halogens is 2. The van der Waals surface area contributed by atoms with Gasteiger partial charge < -0.3 is 4.57 Å². The fourth-order valence-electron chi connectivity index (χ4n) is 3.50. The Kier molecular flexibility index (Phi) is 4.21. The average molecular weight is 309 g/mol. The fourth-order valence-corrected chi connectivity index (χ4v) is 3.71. The molecular weight excluding hydrogens is 287 g/mol. The number of fused-ring (bicyclic) bond motifs is 1. The lowest BCUT2D eigenvalue weighted by Gasteiger charge is -2.29. The minimum Gasteiger partial charge on any atom is -0.327 e. The number of hydrogen-bond acceptors (Lipinski definition) is 1. The standard InChI is InChI=1S/C17H22ClFN2/c1-11-5-3-4-6-13(11)10-21-16-7-12(2)14(19)8-15(16)20-17(21)9-18/h7-8,11,13H,3-6,9-10H2,1-2H3. The summed E-state index contributed by atoms with van der Waals surface area (Å²) in [4.78, 5) is 4.51. The van der Waals surface area contributed by atoms with Crippen molar-refractivity contribution in [3.05, 3.63) is 29.3 Å². The minimum atomic E-state index is -0.195. The van der Waals surface area contributed by atoms with Crippen LogP contribution in [0.4, 0.5) is 4.39 Å². The van der Waals surface area contributed by atoms with Gasteiger partial charge in [-0.05, 0) is 36.8 Å². The van der Waals surface area contributed by atoms with Crippen molar-refractivity contribution in [3.8, 4) is 0 Å². The summed E-state index contributed by atoms with van der Waals surface area (Å²) in [5.74, 6) is 2.44. The second-order valence-electron chi connectivity index (χ2n) is 6.38. The zero-order chi connectivity index (χ0) is 15.0. The van der Waals surface area contributed by atoms with E-state index in [-0.39, 0.29) is 5.82 Å². The zero-order valence-electron chi connectivity index (χ0n) is 12.7. The third-order valence-corrected chi connectivity index (χ3v) is 5.17. The van der Waals surface area contributed by atoms with E-state index < -0.39 is 0 Å². The van der Waals surface area contributed by atoms with Crippen molar-refractivity contribution in [2.75, 3.05) is 0 Å². The van der Waals surface area contributed by atoms with Crippen molar-refractivity contribution in [1.82, 2.24) is 9.55 Å². The van der Waals surface area contributed by atoms with E-state index in [4.69, 9.17) is 11.6 Å². The summed E-state index contributed by atoms with van der Waals surface area (Å²) >= 11 is 6.06. The molecule has 1 aromatic carbocycles. The predicted molar refractivity (Wildman–Crippen MR) is 85.1 cm³/mol. The summed E-state index contributed by atoms with van der Waals surface area (Å²) in [6, 6.07) is 3.43. The number of alkyl halides is 1. The zero-order valence-corrected chi connectivity index (χ0v) is 13.5. The van der Waals surface area contributed by atoms with Gasteiger partial charge in [-0.3, -0.25) is 0 Å². The highest BCUT2D eigenvalue weighted by atomic mass is 35.5. The van der Waals surface area contributed by atoms with Crippen LogP contribution in [0.2, 0.25) is 0 Å². The van der Waals surface area contributed by atoms with E-state index in [9.17, 15) is 4.39 Å². The van der Waals surface area contributed by atoms with E-state index in [0.717, 1.165) is 29.3 Å². The molecule has 0 spiro atoms. The highest BCUT2D eigenvalue weighted by Gasteiger charge is 2.23. The summed E-state index contributed by atoms with van der Waals surface area (Å²) in [5, 5.41) is 0. The Morgan fingerprint density at radius 2 is 2.10 bits per heavy atom. The molecule has 2 unspecified atom stereocenters. The van der Waals surface area contributed by atoms with Crippen LogP contribution >= 0.6 is 11.6 Å². The lowest BCUT2D eigenvalue weighted by molar-refractivity contribution is 0.229. The molecule has 0 saturated heterocycles. The van der Waals surface area contributed by atoms with Crippen molar-refractivity contribution >= 4 is 22.6 Å². The Labute approximate surface area is 130 Å². The molecule has 1 fully saturated rings. The summed E-state index contributed by atoms with van der Waals surface area (Å²) < 4.78 is 15.9. The van der Waals surface area contributed by atoms with E-state index in [2.05, 4.69) is 16.5 Å². The Balaban J connectivity index is 2.01. The number of aromatic nitrogens is 2. The quantitative estimate of drug-likeness (QED) is 0.726. The first kappa shape index (κ1) is 14.8. The van der Waals surface area contributed by atoms with Crippen LogP contribution in [0.15, 0.2) is 12.1 Å². The second-order valence-corrected chi connectivity index (χ2v) is 6.65. The smallest absolute Gasteiger partial charge is 0.128 e. The molecule has 0 amide bonds. The van der Waals surface area contributed by atoms with Gasteiger partial charge in [0.2, 0.25) is 0 Å². The first-order valence-electron chi connectivity index (χ1n) is 7.81. The SMILES string of the molecule is Cc1cc2c(cc1F)nc(CCl)n2CC1CCCCC1C. The van der Waals surface area contributed by atoms with E-state index in [1.54, 1.807) is 6.92 Å². The molecule has 0 bridgehead atoms. The molecular formula is C17H22ClFN2. The molecule has 4 heteroatoms. The number of rotatable bonds is 3. The molecule has 1 heterocycles. The number of nitrogens with zero attached hydrogens (tertiary/aromatic N) is 2. The highest BCUT2D eigenvalue weighted by molar-refractivity contribution is 6.16. The van der Waals surface area contributed by atoms with Gasteiger partial charge in [-0.25, -0.2) is 9.37 Å². The lowest BCUT2D eigenvalue weighted by Crippen LogP contribution is -2.22. The Morgan fingerprint density at radius 1 is 1.33 bits per heavy atom. The maximum Gasteiger partial charge on any atom is 0.128 e. The van der Waals surface area contributed by atoms with Crippen LogP contribution in [-0.2, 0) is 12.4 Å². The van der Waals surface area contributed by atoms with Gasteiger partial charge in [0.15, 0.2) is 0 Å². The molecule has 0 radical (unpaired) electrons. The van der Waals surface area contributed by atoms with Crippen molar-refractivity contribution in [1.29, 1.82) is 0 Å². The number of benzene rings is 1. The minimum absolute atomic E-state index is 0.195. The van der Waals surface area contributed by atoms with E-state index in [0.29, 0.717) is 17.4 Å². The van der Waals surface area contributed by atoms with Crippen LogP contribution in [0.25, 0.3) is 11.0 Å². The third-order valence-electron chi connectivity index (χ3n) is 4.93. The van der Waals surface area contributed by atoms with Gasteiger partial charge in [0.25, 0.3) is 0 Å². The molecule has 1 aliphatic rings. The van der Waals surface area contributed by atoms with Crippen molar-refractivity contribution in [2.45, 2.75) is 52.0 Å². The molecule has 114 valence electrons. The van der Waals surface area contributed by atoms with E-state index >= 15 is 0 Å². The van der Waals surface area contributed by atoms with Crippen LogP contribution in [0, 0.1) is 24.6 Å². The Bertz CT molecular complexity index is 650. The summed E-state index contributed by atoms with van der Waals surface area (Å²) in [6.07, 6.45) is 5.23. The molecule has 0 aliphatic heterocycles. The Morgan fingerprint density at radius 3 is 2.81 bits per heavy atom. The van der Waals surface area contributed by atoms with Gasteiger partial charge >= 0.3 is 0 Å². The summed E-state index contributed by atoms with van der Waals surface area (Å²) in [7, 11) is 0. The van der Waals surface area contributed by atoms with Gasteiger partial charge in [0.05, 0.1) is 16.9 Å². The van der Waals surface area contributed by atoms with E-state index in [1.807, 2.05) is 6.07 Å². The molecule has 2 nitrogen and oxygen atoms in total. The highest BCUT2D eigenvalue weighted by Crippen LogP contribution is 2.32. The topological polar surface area (TPSA) is 17.8 Å². The largest absolute Gasteiger partial charge is 0.327 e. The van der Waals surface area contributed by atoms with Crippen LogP contribution in [0.3, 0.4) is 0 Å². The number of imidazole rings is 1. The normalized spacial score (nSPS) is 22.9. The first-order chi connectivity index (χ1) is 10.1. The Hall–Kier alpha value is -1.09. The maximum absolute atomic E-state index is 13.7. The van der Waals surface area contributed by atoms with Crippen LogP contribution in [0.1, 0.15) is 44.0 Å². The van der Waals surface area contributed by atoms with E-state index in [1.165, 1.54) is 31.7 Å². The van der Waals surface area contributed by atoms with Crippen molar-refractivity contribution < 1.29 is 4.39 Å². The molecule has 2 atom stereocenters. The fraction of sp³-hybridized carbons (Fsp3) is 0.588. The average Bonchev–Trinajstić information content (AvgIpc) is 2.79. The first-order valence-corrected chi connectivity index (χ1v) is 8.35. The molecule has 3 rings (SSSR count).